The van der Waals surface area contributed by atoms with E-state index in [4.69, 9.17) is 15.2 Å². The number of aryl methyl sites for hydroxylation is 1. The van der Waals surface area contributed by atoms with Crippen molar-refractivity contribution in [3.8, 4) is 16.9 Å². The van der Waals surface area contributed by atoms with E-state index in [1.54, 1.807) is 7.11 Å². The van der Waals surface area contributed by atoms with Gasteiger partial charge in [-0.2, -0.15) is 0 Å². The first-order chi connectivity index (χ1) is 10.1. The first-order valence-corrected chi connectivity index (χ1v) is 7.60. The lowest BCUT2D eigenvalue weighted by Gasteiger charge is -2.08. The van der Waals surface area contributed by atoms with Crippen LogP contribution in [0.5, 0.6) is 5.75 Å². The highest BCUT2D eigenvalue weighted by Gasteiger charge is 2.22. The summed E-state index contributed by atoms with van der Waals surface area (Å²) in [4.78, 5) is 13.2. The first kappa shape index (κ1) is 15.4. The number of anilines is 1. The predicted octanol–water partition coefficient (Wildman–Crippen LogP) is 3.88. The molecule has 4 nitrogen and oxygen atoms in total. The lowest BCUT2D eigenvalue weighted by molar-refractivity contribution is 0.0507. The van der Waals surface area contributed by atoms with Crippen molar-refractivity contribution in [1.29, 1.82) is 0 Å². The summed E-state index contributed by atoms with van der Waals surface area (Å²) in [6.45, 7) is 4.31. The first-order valence-electron chi connectivity index (χ1n) is 6.78. The summed E-state index contributed by atoms with van der Waals surface area (Å²) in [5.74, 6) is 0.416. The Kier molecular flexibility index (Phi) is 4.85. The molecule has 2 N–H and O–H groups in total. The van der Waals surface area contributed by atoms with Crippen molar-refractivity contribution in [2.75, 3.05) is 19.5 Å². The average Bonchev–Trinajstić information content (AvgIpc) is 2.79. The summed E-state index contributed by atoms with van der Waals surface area (Å²) < 4.78 is 10.4. The fourth-order valence-corrected chi connectivity index (χ4v) is 3.08. The predicted molar refractivity (Wildman–Crippen MR) is 86.0 cm³/mol. The van der Waals surface area contributed by atoms with Crippen molar-refractivity contribution in [3.63, 3.8) is 0 Å². The van der Waals surface area contributed by atoms with Crippen LogP contribution in [-0.4, -0.2) is 19.7 Å². The Morgan fingerprint density at radius 2 is 1.95 bits per heavy atom. The highest BCUT2D eigenvalue weighted by atomic mass is 32.1. The Balaban J connectivity index is 2.44. The molecule has 1 aromatic heterocycles. The highest BCUT2D eigenvalue weighted by Crippen LogP contribution is 2.39. The second kappa shape index (κ2) is 6.63. The van der Waals surface area contributed by atoms with E-state index in [1.807, 2.05) is 38.1 Å². The number of carbonyl (C=O) groups is 1. The Hall–Kier alpha value is -2.01. The molecule has 0 unspecified atom stereocenters. The molecule has 2 aromatic rings. The molecular formula is C16H19NO3S. The molecule has 1 aromatic carbocycles. The Morgan fingerprint density at radius 1 is 1.29 bits per heavy atom. The molecule has 5 heteroatoms. The van der Waals surface area contributed by atoms with Gasteiger partial charge < -0.3 is 15.2 Å². The summed E-state index contributed by atoms with van der Waals surface area (Å²) in [6, 6.07) is 7.57. The van der Waals surface area contributed by atoms with E-state index < -0.39 is 0 Å². The molecule has 0 radical (unpaired) electrons. The van der Waals surface area contributed by atoms with E-state index in [2.05, 4.69) is 0 Å². The Morgan fingerprint density at radius 3 is 2.52 bits per heavy atom. The fourth-order valence-electron chi connectivity index (χ4n) is 2.14. The van der Waals surface area contributed by atoms with Crippen molar-refractivity contribution in [2.24, 2.45) is 0 Å². The summed E-state index contributed by atoms with van der Waals surface area (Å²) in [5.41, 5.74) is 8.25. The topological polar surface area (TPSA) is 61.5 Å². The number of hydrogen-bond donors (Lipinski definition) is 1. The van der Waals surface area contributed by atoms with Crippen LogP contribution >= 0.6 is 11.3 Å². The molecule has 0 atom stereocenters. The Labute approximate surface area is 128 Å². The van der Waals surface area contributed by atoms with Crippen LogP contribution in [0.15, 0.2) is 24.3 Å². The van der Waals surface area contributed by atoms with E-state index in [0.717, 1.165) is 28.2 Å². The molecule has 2 rings (SSSR count). The maximum absolute atomic E-state index is 12.2. The van der Waals surface area contributed by atoms with Crippen molar-refractivity contribution in [3.05, 3.63) is 34.7 Å². The maximum atomic E-state index is 12.2. The van der Waals surface area contributed by atoms with Gasteiger partial charge >= 0.3 is 5.97 Å². The van der Waals surface area contributed by atoms with E-state index in [9.17, 15) is 4.79 Å². The minimum Gasteiger partial charge on any atom is -0.497 e. The zero-order chi connectivity index (χ0) is 15.4. The van der Waals surface area contributed by atoms with Gasteiger partial charge in [0.1, 0.15) is 16.3 Å². The van der Waals surface area contributed by atoms with E-state index in [1.165, 1.54) is 11.3 Å². The van der Waals surface area contributed by atoms with Crippen molar-refractivity contribution < 1.29 is 14.3 Å². The average molecular weight is 305 g/mol. The van der Waals surface area contributed by atoms with Gasteiger partial charge in [-0.1, -0.05) is 19.1 Å². The van der Waals surface area contributed by atoms with Crippen LogP contribution in [0.4, 0.5) is 5.00 Å². The van der Waals surface area contributed by atoms with Gasteiger partial charge in [0.05, 0.1) is 13.7 Å². The molecule has 0 bridgehead atoms. The smallest absolute Gasteiger partial charge is 0.341 e. The van der Waals surface area contributed by atoms with Gasteiger partial charge in [-0.3, -0.25) is 0 Å². The summed E-state index contributed by atoms with van der Waals surface area (Å²) in [6.07, 6.45) is 0.784. The lowest BCUT2D eigenvalue weighted by atomic mass is 10.0. The van der Waals surface area contributed by atoms with Crippen LogP contribution < -0.4 is 10.5 Å². The molecular weight excluding hydrogens is 286 g/mol. The van der Waals surface area contributed by atoms with Gasteiger partial charge in [0.15, 0.2) is 0 Å². The largest absolute Gasteiger partial charge is 0.497 e. The number of ether oxygens (including phenoxy) is 2. The third-order valence-corrected chi connectivity index (χ3v) is 4.07. The van der Waals surface area contributed by atoms with Crippen molar-refractivity contribution in [2.45, 2.75) is 20.3 Å². The zero-order valence-electron chi connectivity index (χ0n) is 12.4. The molecule has 0 saturated heterocycles. The number of esters is 1. The summed E-state index contributed by atoms with van der Waals surface area (Å²) >= 11 is 1.41. The quantitative estimate of drug-likeness (QED) is 0.852. The SMILES string of the molecule is CCCOC(=O)c1c(N)sc(C)c1-c1ccc(OC)cc1. The number of carbonyl (C=O) groups excluding carboxylic acids is 1. The van der Waals surface area contributed by atoms with Crippen LogP contribution in [0, 0.1) is 6.92 Å². The normalized spacial score (nSPS) is 10.4. The molecule has 0 amide bonds. The minimum atomic E-state index is -0.357. The van der Waals surface area contributed by atoms with Gasteiger partial charge in [0.25, 0.3) is 0 Å². The summed E-state index contributed by atoms with van der Waals surface area (Å²) in [7, 11) is 1.62. The van der Waals surface area contributed by atoms with Gasteiger partial charge in [-0.05, 0) is 31.0 Å². The number of rotatable bonds is 5. The molecule has 1 heterocycles. The molecule has 112 valence electrons. The number of nitrogen functional groups attached to an aromatic ring is 1. The molecule has 0 spiro atoms. The monoisotopic (exact) mass is 305 g/mol. The fraction of sp³-hybridized carbons (Fsp3) is 0.312. The van der Waals surface area contributed by atoms with Crippen LogP contribution in [0.25, 0.3) is 11.1 Å². The van der Waals surface area contributed by atoms with Crippen molar-refractivity contribution >= 4 is 22.3 Å². The second-order valence-electron chi connectivity index (χ2n) is 4.64. The number of nitrogens with two attached hydrogens (primary N) is 1. The number of hydrogen-bond acceptors (Lipinski definition) is 5. The zero-order valence-corrected chi connectivity index (χ0v) is 13.3. The van der Waals surface area contributed by atoms with Crippen LogP contribution in [0.2, 0.25) is 0 Å². The van der Waals surface area contributed by atoms with Gasteiger partial charge in [0, 0.05) is 10.4 Å². The molecule has 0 fully saturated rings. The molecule has 0 aliphatic rings. The van der Waals surface area contributed by atoms with E-state index >= 15 is 0 Å². The van der Waals surface area contributed by atoms with E-state index in [-0.39, 0.29) is 5.97 Å². The number of benzene rings is 1. The Bertz CT molecular complexity index is 632. The summed E-state index contributed by atoms with van der Waals surface area (Å²) in [5, 5.41) is 0.499. The molecule has 21 heavy (non-hydrogen) atoms. The van der Waals surface area contributed by atoms with Crippen LogP contribution in [0.1, 0.15) is 28.6 Å². The standard InChI is InChI=1S/C16H19NO3S/c1-4-9-20-16(18)14-13(10(2)21-15(14)17)11-5-7-12(19-3)8-6-11/h5-8H,4,9,17H2,1-3H3. The van der Waals surface area contributed by atoms with Crippen molar-refractivity contribution in [1.82, 2.24) is 0 Å². The molecule has 0 aliphatic carbocycles. The third-order valence-electron chi connectivity index (χ3n) is 3.13. The van der Waals surface area contributed by atoms with Gasteiger partial charge in [-0.15, -0.1) is 11.3 Å². The van der Waals surface area contributed by atoms with Gasteiger partial charge in [-0.25, -0.2) is 4.79 Å². The second-order valence-corrected chi connectivity index (χ2v) is 5.89. The van der Waals surface area contributed by atoms with Crippen LogP contribution in [-0.2, 0) is 4.74 Å². The van der Waals surface area contributed by atoms with E-state index in [0.29, 0.717) is 17.2 Å². The highest BCUT2D eigenvalue weighted by molar-refractivity contribution is 7.16. The van der Waals surface area contributed by atoms with Gasteiger partial charge in [0.2, 0.25) is 0 Å². The molecule has 0 saturated carbocycles. The minimum absolute atomic E-state index is 0.357. The number of methoxy groups -OCH3 is 1. The number of thiophene rings is 1. The lowest BCUT2D eigenvalue weighted by Crippen LogP contribution is -2.08. The maximum Gasteiger partial charge on any atom is 0.341 e. The molecule has 0 aliphatic heterocycles. The van der Waals surface area contributed by atoms with Crippen LogP contribution in [0.3, 0.4) is 0 Å². The third kappa shape index (κ3) is 3.19.